The predicted octanol–water partition coefficient (Wildman–Crippen LogP) is 2.90. The van der Waals surface area contributed by atoms with Gasteiger partial charge in [0, 0.05) is 10.1 Å². The van der Waals surface area contributed by atoms with Gasteiger partial charge in [-0.05, 0) is 18.2 Å². The van der Waals surface area contributed by atoms with E-state index in [2.05, 4.69) is 0 Å². The van der Waals surface area contributed by atoms with Gasteiger partial charge in [0.05, 0.1) is 5.02 Å². The fraction of sp³-hybridized carbons (Fsp3) is 0. The molecule has 0 bridgehead atoms. The third-order valence-corrected chi connectivity index (χ3v) is 3.62. The molecule has 6 heteroatoms. The summed E-state index contributed by atoms with van der Waals surface area (Å²) in [6.45, 7) is 0. The number of benzene rings is 1. The molecule has 0 unspecified atom stereocenters. The van der Waals surface area contributed by atoms with E-state index in [-0.39, 0.29) is 9.90 Å². The first-order valence-corrected chi connectivity index (χ1v) is 5.40. The molecule has 3 nitrogen and oxygen atoms in total. The van der Waals surface area contributed by atoms with Crippen LogP contribution in [0.3, 0.4) is 0 Å². The third kappa shape index (κ3) is 1.73. The molecule has 0 aliphatic carbocycles. The number of carbonyl (C=O) groups is 1. The van der Waals surface area contributed by atoms with E-state index >= 15 is 0 Å². The second kappa shape index (κ2) is 4.08. The minimum absolute atomic E-state index is 0.212. The summed E-state index contributed by atoms with van der Waals surface area (Å²) >= 11 is 7.01. The Hall–Kier alpha value is -1.64. The number of nitrogens with zero attached hydrogens (tertiary/aromatic N) is 1. The van der Waals surface area contributed by atoms with Crippen LogP contribution in [0.5, 0.6) is 0 Å². The molecule has 0 aliphatic heterocycles. The van der Waals surface area contributed by atoms with E-state index in [1.165, 1.54) is 24.4 Å². The molecule has 2 aromatic rings. The maximum atomic E-state index is 12.9. The van der Waals surface area contributed by atoms with Crippen LogP contribution in [-0.2, 0) is 0 Å². The number of nitriles is 1. The standard InChI is InChI=1S/C10H4ClFN2OS/c11-8-6-2-1-5(12)3-7(6)16-9(8)10(15)14-4-13/h1-3H,(H,14,15). The summed E-state index contributed by atoms with van der Waals surface area (Å²) in [7, 11) is 0. The molecule has 0 aliphatic rings. The minimum Gasteiger partial charge on any atom is -0.267 e. The Bertz CT molecular complexity index is 617. The van der Waals surface area contributed by atoms with Crippen LogP contribution in [0.2, 0.25) is 5.02 Å². The quantitative estimate of drug-likeness (QED) is 0.628. The highest BCUT2D eigenvalue weighted by molar-refractivity contribution is 7.21. The molecule has 1 aromatic carbocycles. The molecular weight excluding hydrogens is 251 g/mol. The molecule has 0 radical (unpaired) electrons. The summed E-state index contributed by atoms with van der Waals surface area (Å²) < 4.78 is 13.5. The van der Waals surface area contributed by atoms with Crippen LogP contribution in [0.15, 0.2) is 18.2 Å². The summed E-state index contributed by atoms with van der Waals surface area (Å²) in [5.41, 5.74) is 0. The number of carbonyl (C=O) groups excluding carboxylic acids is 1. The molecule has 1 N–H and O–H groups in total. The van der Waals surface area contributed by atoms with Crippen LogP contribution in [0.1, 0.15) is 9.67 Å². The van der Waals surface area contributed by atoms with Crippen LogP contribution in [-0.4, -0.2) is 5.91 Å². The van der Waals surface area contributed by atoms with Crippen molar-refractivity contribution in [1.82, 2.24) is 5.32 Å². The zero-order valence-electron chi connectivity index (χ0n) is 7.75. The maximum Gasteiger partial charge on any atom is 0.275 e. The van der Waals surface area contributed by atoms with E-state index in [4.69, 9.17) is 16.9 Å². The average Bonchev–Trinajstić information content (AvgIpc) is 2.56. The first-order chi connectivity index (χ1) is 7.63. The van der Waals surface area contributed by atoms with Crippen LogP contribution < -0.4 is 5.32 Å². The van der Waals surface area contributed by atoms with Crippen LogP contribution in [0.4, 0.5) is 4.39 Å². The van der Waals surface area contributed by atoms with E-state index in [0.29, 0.717) is 10.1 Å². The van der Waals surface area contributed by atoms with Crippen molar-refractivity contribution in [2.45, 2.75) is 0 Å². The van der Waals surface area contributed by atoms with Crippen molar-refractivity contribution in [2.75, 3.05) is 0 Å². The van der Waals surface area contributed by atoms with Gasteiger partial charge >= 0.3 is 0 Å². The summed E-state index contributed by atoms with van der Waals surface area (Å²) in [4.78, 5) is 11.6. The lowest BCUT2D eigenvalue weighted by Crippen LogP contribution is -2.15. The van der Waals surface area contributed by atoms with Crippen molar-refractivity contribution in [3.8, 4) is 6.19 Å². The maximum absolute atomic E-state index is 12.9. The molecule has 1 heterocycles. The van der Waals surface area contributed by atoms with Gasteiger partial charge in [0.2, 0.25) is 0 Å². The number of amides is 1. The highest BCUT2D eigenvalue weighted by Gasteiger charge is 2.16. The normalized spacial score (nSPS) is 10.1. The molecule has 1 amide bonds. The van der Waals surface area contributed by atoms with Gasteiger partial charge in [-0.15, -0.1) is 11.3 Å². The van der Waals surface area contributed by atoms with Gasteiger partial charge in [-0.25, -0.2) is 4.39 Å². The van der Waals surface area contributed by atoms with Crippen molar-refractivity contribution >= 4 is 38.9 Å². The van der Waals surface area contributed by atoms with E-state index in [1.807, 2.05) is 5.32 Å². The topological polar surface area (TPSA) is 52.9 Å². The Labute approximate surface area is 99.1 Å². The van der Waals surface area contributed by atoms with E-state index in [0.717, 1.165) is 11.3 Å². The molecule has 2 rings (SSSR count). The fourth-order valence-corrected chi connectivity index (χ4v) is 2.73. The summed E-state index contributed by atoms with van der Waals surface area (Å²) in [6, 6.07) is 4.08. The first-order valence-electron chi connectivity index (χ1n) is 4.20. The predicted molar refractivity (Wildman–Crippen MR) is 59.9 cm³/mol. The second-order valence-corrected chi connectivity index (χ2v) is 4.38. The third-order valence-electron chi connectivity index (χ3n) is 1.97. The van der Waals surface area contributed by atoms with Gasteiger partial charge in [0.15, 0.2) is 6.19 Å². The van der Waals surface area contributed by atoms with Gasteiger partial charge in [-0.1, -0.05) is 11.6 Å². The fourth-order valence-electron chi connectivity index (χ4n) is 1.29. The Morgan fingerprint density at radius 1 is 1.56 bits per heavy atom. The van der Waals surface area contributed by atoms with E-state index in [9.17, 15) is 9.18 Å². The largest absolute Gasteiger partial charge is 0.275 e. The zero-order chi connectivity index (χ0) is 11.7. The number of hydrogen-bond donors (Lipinski definition) is 1. The molecule has 0 spiro atoms. The molecule has 0 saturated heterocycles. The van der Waals surface area contributed by atoms with E-state index in [1.54, 1.807) is 0 Å². The zero-order valence-corrected chi connectivity index (χ0v) is 9.32. The molecule has 16 heavy (non-hydrogen) atoms. The monoisotopic (exact) mass is 254 g/mol. The Morgan fingerprint density at radius 2 is 2.31 bits per heavy atom. The van der Waals surface area contributed by atoms with Gasteiger partial charge in [-0.3, -0.25) is 10.1 Å². The lowest BCUT2D eigenvalue weighted by molar-refractivity contribution is 0.0977. The number of halogens is 2. The summed E-state index contributed by atoms with van der Waals surface area (Å²) in [6.07, 6.45) is 1.52. The summed E-state index contributed by atoms with van der Waals surface area (Å²) in [5, 5.41) is 11.2. The van der Waals surface area contributed by atoms with E-state index < -0.39 is 11.7 Å². The highest BCUT2D eigenvalue weighted by Crippen LogP contribution is 2.35. The average molecular weight is 255 g/mol. The van der Waals surface area contributed by atoms with Crippen LogP contribution in [0, 0.1) is 17.3 Å². The van der Waals surface area contributed by atoms with Gasteiger partial charge < -0.3 is 0 Å². The SMILES string of the molecule is N#CNC(=O)c1sc2cc(F)ccc2c1Cl. The second-order valence-electron chi connectivity index (χ2n) is 2.95. The van der Waals surface area contributed by atoms with Gasteiger partial charge in [0.25, 0.3) is 5.91 Å². The molecule has 80 valence electrons. The molecular formula is C10H4ClFN2OS. The lowest BCUT2D eigenvalue weighted by atomic mass is 10.2. The van der Waals surface area contributed by atoms with Crippen LogP contribution in [0.25, 0.3) is 10.1 Å². The minimum atomic E-state index is -0.575. The Balaban J connectivity index is 2.61. The van der Waals surface area contributed by atoms with Crippen molar-refractivity contribution in [2.24, 2.45) is 0 Å². The van der Waals surface area contributed by atoms with Gasteiger partial charge in [0.1, 0.15) is 10.7 Å². The number of thiophene rings is 1. The Morgan fingerprint density at radius 3 is 3.00 bits per heavy atom. The summed E-state index contributed by atoms with van der Waals surface area (Å²) in [5.74, 6) is -0.966. The smallest absolute Gasteiger partial charge is 0.267 e. The van der Waals surface area contributed by atoms with Crippen molar-refractivity contribution in [1.29, 1.82) is 5.26 Å². The molecule has 0 fully saturated rings. The van der Waals surface area contributed by atoms with Crippen molar-refractivity contribution in [3.05, 3.63) is 33.9 Å². The Kier molecular flexibility index (Phi) is 2.77. The molecule has 0 atom stereocenters. The lowest BCUT2D eigenvalue weighted by Gasteiger charge is -1.92. The number of nitrogens with one attached hydrogen (secondary N) is 1. The van der Waals surface area contributed by atoms with Crippen molar-refractivity contribution in [3.63, 3.8) is 0 Å². The first kappa shape index (κ1) is 10.9. The number of hydrogen-bond acceptors (Lipinski definition) is 3. The van der Waals surface area contributed by atoms with Gasteiger partial charge in [-0.2, -0.15) is 5.26 Å². The highest BCUT2D eigenvalue weighted by atomic mass is 35.5. The number of fused-ring (bicyclic) bond motifs is 1. The molecule has 0 saturated carbocycles. The van der Waals surface area contributed by atoms with Crippen LogP contribution >= 0.6 is 22.9 Å². The molecule has 1 aromatic heterocycles. The number of rotatable bonds is 1. The van der Waals surface area contributed by atoms with Crippen molar-refractivity contribution < 1.29 is 9.18 Å².